The summed E-state index contributed by atoms with van der Waals surface area (Å²) in [6, 6.07) is 3.74. The molecule has 1 atom stereocenters. The van der Waals surface area contributed by atoms with Crippen molar-refractivity contribution in [3.8, 4) is 0 Å². The van der Waals surface area contributed by atoms with Crippen LogP contribution in [0, 0.1) is 5.82 Å². The van der Waals surface area contributed by atoms with Gasteiger partial charge >= 0.3 is 5.97 Å². The van der Waals surface area contributed by atoms with E-state index in [0.29, 0.717) is 28.9 Å². The van der Waals surface area contributed by atoms with Gasteiger partial charge in [-0.15, -0.1) is 11.8 Å². The number of benzene rings is 1. The van der Waals surface area contributed by atoms with Gasteiger partial charge in [0.25, 0.3) is 0 Å². The minimum Gasteiger partial charge on any atom is -0.480 e. The third-order valence-corrected chi connectivity index (χ3v) is 3.86. The van der Waals surface area contributed by atoms with Gasteiger partial charge in [0.1, 0.15) is 11.9 Å². The Morgan fingerprint density at radius 2 is 2.33 bits per heavy atom. The summed E-state index contributed by atoms with van der Waals surface area (Å²) >= 11 is 1.44. The first-order valence-corrected chi connectivity index (χ1v) is 6.45. The standard InChI is InChI=1S/C12H14FNO3S/c13-9-3-7(4-10(14)12(15)16)1-2-11(9)18-8-5-17-6-8/h1-3,8,10H,4-6,14H2,(H,15,16). The lowest BCUT2D eigenvalue weighted by atomic mass is 10.1. The van der Waals surface area contributed by atoms with Crippen molar-refractivity contribution in [2.45, 2.75) is 22.6 Å². The minimum absolute atomic E-state index is 0.129. The molecule has 0 spiro atoms. The monoisotopic (exact) mass is 271 g/mol. The number of carboxylic acids is 1. The van der Waals surface area contributed by atoms with E-state index in [-0.39, 0.29) is 12.2 Å². The first-order valence-electron chi connectivity index (χ1n) is 5.57. The quantitative estimate of drug-likeness (QED) is 0.843. The van der Waals surface area contributed by atoms with Crippen molar-refractivity contribution in [1.82, 2.24) is 0 Å². The average molecular weight is 271 g/mol. The van der Waals surface area contributed by atoms with Crippen LogP contribution in [0.5, 0.6) is 0 Å². The summed E-state index contributed by atoms with van der Waals surface area (Å²) in [5.41, 5.74) is 6.00. The second-order valence-electron chi connectivity index (χ2n) is 4.19. The molecule has 1 heterocycles. The fourth-order valence-corrected chi connectivity index (χ4v) is 2.58. The zero-order valence-corrected chi connectivity index (χ0v) is 10.5. The summed E-state index contributed by atoms with van der Waals surface area (Å²) in [6.07, 6.45) is 0.129. The first-order chi connectivity index (χ1) is 8.56. The van der Waals surface area contributed by atoms with E-state index in [4.69, 9.17) is 15.6 Å². The van der Waals surface area contributed by atoms with E-state index in [0.717, 1.165) is 0 Å². The third-order valence-electron chi connectivity index (χ3n) is 2.67. The number of nitrogens with two attached hydrogens (primary N) is 1. The third kappa shape index (κ3) is 3.22. The van der Waals surface area contributed by atoms with Crippen LogP contribution < -0.4 is 5.73 Å². The molecule has 0 aliphatic carbocycles. The summed E-state index contributed by atoms with van der Waals surface area (Å²) in [5.74, 6) is -1.41. The highest BCUT2D eigenvalue weighted by Gasteiger charge is 2.21. The SMILES string of the molecule is NC(Cc1ccc(SC2COC2)c(F)c1)C(=O)O. The Kier molecular flexibility index (Phi) is 4.21. The average Bonchev–Trinajstić information content (AvgIpc) is 2.25. The maximum absolute atomic E-state index is 13.8. The largest absolute Gasteiger partial charge is 0.480 e. The van der Waals surface area contributed by atoms with E-state index in [2.05, 4.69) is 0 Å². The highest BCUT2D eigenvalue weighted by atomic mass is 32.2. The Labute approximate surface area is 108 Å². The van der Waals surface area contributed by atoms with E-state index in [9.17, 15) is 9.18 Å². The lowest BCUT2D eigenvalue weighted by Gasteiger charge is -2.25. The van der Waals surface area contributed by atoms with Crippen LogP contribution in [0.4, 0.5) is 4.39 Å². The molecular formula is C12H14FNO3S. The Balaban J connectivity index is 2.01. The van der Waals surface area contributed by atoms with Gasteiger partial charge in [-0.1, -0.05) is 6.07 Å². The number of carboxylic acid groups (broad SMARTS) is 1. The van der Waals surface area contributed by atoms with Crippen molar-refractivity contribution in [2.24, 2.45) is 5.73 Å². The smallest absolute Gasteiger partial charge is 0.320 e. The lowest BCUT2D eigenvalue weighted by molar-refractivity contribution is -0.138. The van der Waals surface area contributed by atoms with Crippen LogP contribution in [0.1, 0.15) is 5.56 Å². The molecule has 1 aliphatic rings. The Hall–Kier alpha value is -1.11. The second-order valence-corrected chi connectivity index (χ2v) is 5.53. The fourth-order valence-electron chi connectivity index (χ4n) is 1.57. The molecule has 1 saturated heterocycles. The molecule has 98 valence electrons. The highest BCUT2D eigenvalue weighted by molar-refractivity contribution is 8.00. The Morgan fingerprint density at radius 3 is 2.83 bits per heavy atom. The maximum Gasteiger partial charge on any atom is 0.320 e. The summed E-state index contributed by atoms with van der Waals surface area (Å²) in [6.45, 7) is 1.30. The molecule has 1 aromatic rings. The van der Waals surface area contributed by atoms with Gasteiger partial charge in [0.2, 0.25) is 0 Å². The highest BCUT2D eigenvalue weighted by Crippen LogP contribution is 2.30. The van der Waals surface area contributed by atoms with Gasteiger partial charge in [-0.05, 0) is 24.1 Å². The molecule has 0 radical (unpaired) electrons. The molecular weight excluding hydrogens is 257 g/mol. The molecule has 1 fully saturated rings. The number of carbonyl (C=O) groups is 1. The predicted octanol–water partition coefficient (Wildman–Crippen LogP) is 1.27. The van der Waals surface area contributed by atoms with Crippen molar-refractivity contribution in [3.63, 3.8) is 0 Å². The van der Waals surface area contributed by atoms with Crippen molar-refractivity contribution in [2.75, 3.05) is 13.2 Å². The topological polar surface area (TPSA) is 72.5 Å². The number of thioether (sulfide) groups is 1. The molecule has 0 aromatic heterocycles. The van der Waals surface area contributed by atoms with Gasteiger partial charge < -0.3 is 15.6 Å². The lowest BCUT2D eigenvalue weighted by Crippen LogP contribution is -2.32. The number of hydrogen-bond acceptors (Lipinski definition) is 4. The van der Waals surface area contributed by atoms with E-state index in [1.54, 1.807) is 12.1 Å². The van der Waals surface area contributed by atoms with Crippen LogP contribution in [0.25, 0.3) is 0 Å². The van der Waals surface area contributed by atoms with Gasteiger partial charge in [0, 0.05) is 4.90 Å². The molecule has 6 heteroatoms. The maximum atomic E-state index is 13.8. The molecule has 0 bridgehead atoms. The van der Waals surface area contributed by atoms with Crippen LogP contribution >= 0.6 is 11.8 Å². The molecule has 0 amide bonds. The number of rotatable bonds is 5. The minimum atomic E-state index is -1.08. The van der Waals surface area contributed by atoms with E-state index < -0.39 is 12.0 Å². The molecule has 3 N–H and O–H groups in total. The zero-order valence-electron chi connectivity index (χ0n) is 9.64. The van der Waals surface area contributed by atoms with Crippen LogP contribution in [0.3, 0.4) is 0 Å². The first kappa shape index (κ1) is 13.3. The zero-order chi connectivity index (χ0) is 13.1. The molecule has 18 heavy (non-hydrogen) atoms. The van der Waals surface area contributed by atoms with Crippen molar-refractivity contribution < 1.29 is 19.0 Å². The molecule has 0 saturated carbocycles. The Morgan fingerprint density at radius 1 is 1.61 bits per heavy atom. The summed E-state index contributed by atoms with van der Waals surface area (Å²) in [5, 5.41) is 9.00. The van der Waals surface area contributed by atoms with Gasteiger partial charge in [0.15, 0.2) is 0 Å². The molecule has 1 aliphatic heterocycles. The second kappa shape index (κ2) is 5.69. The van der Waals surface area contributed by atoms with E-state index in [1.807, 2.05) is 0 Å². The number of halogens is 1. The van der Waals surface area contributed by atoms with Crippen molar-refractivity contribution in [3.05, 3.63) is 29.6 Å². The van der Waals surface area contributed by atoms with Gasteiger partial charge in [0.05, 0.1) is 18.5 Å². The van der Waals surface area contributed by atoms with Crippen LogP contribution in [0.15, 0.2) is 23.1 Å². The molecule has 1 unspecified atom stereocenters. The van der Waals surface area contributed by atoms with Crippen LogP contribution in [-0.2, 0) is 16.0 Å². The van der Waals surface area contributed by atoms with Crippen LogP contribution in [-0.4, -0.2) is 35.6 Å². The Bertz CT molecular complexity index is 451. The summed E-state index contributed by atoms with van der Waals surface area (Å²) in [4.78, 5) is 11.2. The van der Waals surface area contributed by atoms with Gasteiger partial charge in [-0.2, -0.15) is 0 Å². The molecule has 1 aromatic carbocycles. The number of ether oxygens (including phenoxy) is 1. The van der Waals surface area contributed by atoms with Crippen LogP contribution in [0.2, 0.25) is 0 Å². The summed E-state index contributed by atoms with van der Waals surface area (Å²) < 4.78 is 18.8. The van der Waals surface area contributed by atoms with Crippen molar-refractivity contribution in [1.29, 1.82) is 0 Å². The normalized spacial score (nSPS) is 17.2. The van der Waals surface area contributed by atoms with E-state index in [1.165, 1.54) is 17.8 Å². The van der Waals surface area contributed by atoms with Crippen molar-refractivity contribution >= 4 is 17.7 Å². The van der Waals surface area contributed by atoms with Gasteiger partial charge in [-0.25, -0.2) is 4.39 Å². The molecule has 4 nitrogen and oxygen atoms in total. The predicted molar refractivity (Wildman–Crippen MR) is 66.2 cm³/mol. The van der Waals surface area contributed by atoms with Gasteiger partial charge in [-0.3, -0.25) is 4.79 Å². The van der Waals surface area contributed by atoms with E-state index >= 15 is 0 Å². The molecule has 2 rings (SSSR count). The fraction of sp³-hybridized carbons (Fsp3) is 0.417. The summed E-state index contributed by atoms with van der Waals surface area (Å²) in [7, 11) is 0. The number of aliphatic carboxylic acids is 1. The number of hydrogen-bond donors (Lipinski definition) is 2.